The van der Waals surface area contributed by atoms with E-state index in [0.717, 1.165) is 5.56 Å². The first-order valence-corrected chi connectivity index (χ1v) is 5.85. The summed E-state index contributed by atoms with van der Waals surface area (Å²) in [6, 6.07) is 5.21. The van der Waals surface area contributed by atoms with E-state index in [2.05, 4.69) is 0 Å². The summed E-state index contributed by atoms with van der Waals surface area (Å²) in [7, 11) is 3.05. The van der Waals surface area contributed by atoms with E-state index in [-0.39, 0.29) is 0 Å². The number of hydrogen-bond donors (Lipinski definition) is 1. The first-order chi connectivity index (χ1) is 8.82. The van der Waals surface area contributed by atoms with Crippen molar-refractivity contribution in [3.63, 3.8) is 0 Å². The molecule has 1 rings (SSSR count). The number of benzene rings is 1. The van der Waals surface area contributed by atoms with Crippen LogP contribution in [-0.2, 0) is 5.41 Å². The van der Waals surface area contributed by atoms with Crippen molar-refractivity contribution in [2.75, 3.05) is 20.8 Å². The lowest BCUT2D eigenvalue weighted by Gasteiger charge is -2.29. The van der Waals surface area contributed by atoms with Crippen molar-refractivity contribution in [3.05, 3.63) is 33.9 Å². The van der Waals surface area contributed by atoms with Crippen molar-refractivity contribution in [1.29, 1.82) is 0 Å². The summed E-state index contributed by atoms with van der Waals surface area (Å²) >= 11 is 0. The van der Waals surface area contributed by atoms with Gasteiger partial charge in [-0.1, -0.05) is 19.9 Å². The predicted molar refractivity (Wildman–Crippen MR) is 70.4 cm³/mol. The highest BCUT2D eigenvalue weighted by atomic mass is 16.6. The number of hydrogen-bond acceptors (Lipinski definition) is 5. The fourth-order valence-corrected chi connectivity index (χ4v) is 1.80. The van der Waals surface area contributed by atoms with E-state index >= 15 is 0 Å². The first-order valence-electron chi connectivity index (χ1n) is 5.85. The van der Waals surface area contributed by atoms with Gasteiger partial charge in [-0.05, 0) is 17.7 Å². The molecule has 0 bridgehead atoms. The molecule has 1 aromatic rings. The van der Waals surface area contributed by atoms with Gasteiger partial charge in [0, 0.05) is 10.3 Å². The summed E-state index contributed by atoms with van der Waals surface area (Å²) in [6.07, 6.45) is -1.08. The molecule has 6 heteroatoms. The number of ether oxygens (including phenoxy) is 2. The van der Waals surface area contributed by atoms with Crippen LogP contribution in [0, 0.1) is 10.1 Å². The van der Waals surface area contributed by atoms with E-state index in [9.17, 15) is 15.2 Å². The number of nitro groups is 1. The van der Waals surface area contributed by atoms with E-state index in [1.807, 2.05) is 0 Å². The summed E-state index contributed by atoms with van der Waals surface area (Å²) in [4.78, 5) is 9.99. The zero-order valence-corrected chi connectivity index (χ0v) is 11.5. The number of aliphatic hydroxyl groups is 1. The fraction of sp³-hybridized carbons (Fsp3) is 0.538. The minimum absolute atomic E-state index is 0.499. The van der Waals surface area contributed by atoms with E-state index in [4.69, 9.17) is 9.47 Å². The van der Waals surface area contributed by atoms with Gasteiger partial charge in [0.15, 0.2) is 11.5 Å². The number of aliphatic hydroxyl groups excluding tert-OH is 1. The molecule has 19 heavy (non-hydrogen) atoms. The molecular weight excluding hydrogens is 250 g/mol. The molecule has 0 aliphatic carbocycles. The molecule has 0 spiro atoms. The lowest BCUT2D eigenvalue weighted by Crippen LogP contribution is -2.38. The normalized spacial score (nSPS) is 12.9. The summed E-state index contributed by atoms with van der Waals surface area (Å²) in [5.41, 5.74) is -0.00778. The van der Waals surface area contributed by atoms with Gasteiger partial charge in [-0.15, -0.1) is 0 Å². The molecule has 1 unspecified atom stereocenters. The number of methoxy groups -OCH3 is 2. The van der Waals surface area contributed by atoms with Crippen molar-refractivity contribution in [2.45, 2.75) is 25.4 Å². The Morgan fingerprint density at radius 2 is 1.89 bits per heavy atom. The van der Waals surface area contributed by atoms with Crippen molar-refractivity contribution in [2.24, 2.45) is 0 Å². The second kappa shape index (κ2) is 5.88. The van der Waals surface area contributed by atoms with Crippen LogP contribution in [0.15, 0.2) is 18.2 Å². The average molecular weight is 269 g/mol. The maximum Gasteiger partial charge on any atom is 0.230 e. The molecule has 0 saturated heterocycles. The summed E-state index contributed by atoms with van der Waals surface area (Å²) < 4.78 is 10.3. The third-order valence-corrected chi connectivity index (χ3v) is 3.28. The Kier molecular flexibility index (Phi) is 4.72. The summed E-state index contributed by atoms with van der Waals surface area (Å²) in [5.74, 6) is 1.10. The Morgan fingerprint density at radius 1 is 1.32 bits per heavy atom. The maximum atomic E-state index is 10.5. The number of rotatable bonds is 6. The third kappa shape index (κ3) is 3.35. The minimum Gasteiger partial charge on any atom is -0.493 e. The second-order valence-electron chi connectivity index (χ2n) is 4.82. The molecule has 1 aromatic carbocycles. The smallest absolute Gasteiger partial charge is 0.230 e. The summed E-state index contributed by atoms with van der Waals surface area (Å²) in [5, 5.41) is 20.5. The number of nitrogens with zero attached hydrogens (tertiary/aromatic N) is 1. The highest BCUT2D eigenvalue weighted by molar-refractivity contribution is 5.45. The lowest BCUT2D eigenvalue weighted by molar-refractivity contribution is -0.492. The molecule has 0 aromatic heterocycles. The first kappa shape index (κ1) is 15.2. The van der Waals surface area contributed by atoms with Crippen LogP contribution >= 0.6 is 0 Å². The zero-order valence-electron chi connectivity index (χ0n) is 11.5. The quantitative estimate of drug-likeness (QED) is 0.627. The Bertz CT molecular complexity index is 458. The molecule has 6 nitrogen and oxygen atoms in total. The Hall–Kier alpha value is -1.82. The molecule has 106 valence electrons. The maximum absolute atomic E-state index is 10.5. The van der Waals surface area contributed by atoms with Crippen molar-refractivity contribution in [1.82, 2.24) is 0 Å². The predicted octanol–water partition coefficient (Wildman–Crippen LogP) is 1.62. The lowest BCUT2D eigenvalue weighted by atomic mass is 9.79. The van der Waals surface area contributed by atoms with Gasteiger partial charge < -0.3 is 14.6 Å². The van der Waals surface area contributed by atoms with Crippen LogP contribution in [0.3, 0.4) is 0 Å². The molecule has 0 amide bonds. The van der Waals surface area contributed by atoms with Gasteiger partial charge in [-0.2, -0.15) is 0 Å². The van der Waals surface area contributed by atoms with Gasteiger partial charge in [0.05, 0.1) is 14.2 Å². The van der Waals surface area contributed by atoms with Crippen LogP contribution in [-0.4, -0.2) is 36.9 Å². The van der Waals surface area contributed by atoms with Gasteiger partial charge in [0.2, 0.25) is 6.54 Å². The molecule has 1 atom stereocenters. The highest BCUT2D eigenvalue weighted by Gasteiger charge is 2.34. The van der Waals surface area contributed by atoms with Crippen LogP contribution in [0.1, 0.15) is 19.4 Å². The molecule has 0 aliphatic heterocycles. The average Bonchev–Trinajstić information content (AvgIpc) is 2.36. The van der Waals surface area contributed by atoms with Crippen LogP contribution in [0.2, 0.25) is 0 Å². The van der Waals surface area contributed by atoms with E-state index in [1.54, 1.807) is 32.0 Å². The van der Waals surface area contributed by atoms with Gasteiger partial charge >= 0.3 is 0 Å². The van der Waals surface area contributed by atoms with Crippen LogP contribution in [0.5, 0.6) is 11.5 Å². The topological polar surface area (TPSA) is 81.8 Å². The Balaban J connectivity index is 3.10. The van der Waals surface area contributed by atoms with E-state index in [1.165, 1.54) is 14.2 Å². The zero-order chi connectivity index (χ0) is 14.6. The second-order valence-corrected chi connectivity index (χ2v) is 4.82. The fourth-order valence-electron chi connectivity index (χ4n) is 1.80. The van der Waals surface area contributed by atoms with Gasteiger partial charge in [-0.25, -0.2) is 0 Å². The Morgan fingerprint density at radius 3 is 2.37 bits per heavy atom. The van der Waals surface area contributed by atoms with Gasteiger partial charge in [0.1, 0.15) is 6.10 Å². The summed E-state index contributed by atoms with van der Waals surface area (Å²) in [6.45, 7) is 3.01. The monoisotopic (exact) mass is 269 g/mol. The van der Waals surface area contributed by atoms with Gasteiger partial charge in [-0.3, -0.25) is 10.1 Å². The molecule has 0 saturated carbocycles. The van der Waals surface area contributed by atoms with Crippen LogP contribution in [0.25, 0.3) is 0 Å². The largest absolute Gasteiger partial charge is 0.493 e. The molecular formula is C13H19NO5. The third-order valence-electron chi connectivity index (χ3n) is 3.28. The van der Waals surface area contributed by atoms with E-state index < -0.39 is 23.0 Å². The Labute approximate surface area is 112 Å². The van der Waals surface area contributed by atoms with Crippen molar-refractivity contribution >= 4 is 0 Å². The SMILES string of the molecule is COc1ccc(C(C)(C)C(O)C[N+](=O)[O-])cc1OC. The molecule has 1 N–H and O–H groups in total. The van der Waals surface area contributed by atoms with E-state index in [0.29, 0.717) is 11.5 Å². The van der Waals surface area contributed by atoms with Crippen LogP contribution in [0.4, 0.5) is 0 Å². The minimum atomic E-state index is -1.08. The molecule has 0 radical (unpaired) electrons. The highest BCUT2D eigenvalue weighted by Crippen LogP contribution is 2.34. The molecule has 0 aliphatic rings. The molecule has 0 heterocycles. The van der Waals surface area contributed by atoms with Crippen molar-refractivity contribution in [3.8, 4) is 11.5 Å². The standard InChI is InChI=1S/C13H19NO5/c1-13(2,12(15)8-14(16)17)9-5-6-10(18-3)11(7-9)19-4/h5-7,12,15H,8H2,1-4H3. The van der Waals surface area contributed by atoms with Crippen molar-refractivity contribution < 1.29 is 19.5 Å². The van der Waals surface area contributed by atoms with Gasteiger partial charge in [0.25, 0.3) is 0 Å². The van der Waals surface area contributed by atoms with Crippen LogP contribution < -0.4 is 9.47 Å². The molecule has 0 fully saturated rings.